The molecule has 4 heteroatoms. The van der Waals surface area contributed by atoms with Crippen molar-refractivity contribution in [3.63, 3.8) is 0 Å². The number of carbonyl (C=O) groups is 1. The minimum atomic E-state index is 0.0870. The van der Waals surface area contributed by atoms with Crippen molar-refractivity contribution in [2.24, 2.45) is 0 Å². The average Bonchev–Trinajstić information content (AvgIpc) is 2.72. The number of amides is 1. The van der Waals surface area contributed by atoms with E-state index >= 15 is 0 Å². The predicted molar refractivity (Wildman–Crippen MR) is 75.9 cm³/mol. The molecule has 0 bridgehead atoms. The Bertz CT molecular complexity index is 454. The van der Waals surface area contributed by atoms with E-state index in [1.807, 2.05) is 13.8 Å². The third-order valence-electron chi connectivity index (χ3n) is 3.77. The van der Waals surface area contributed by atoms with Crippen molar-refractivity contribution >= 4 is 5.91 Å². The Morgan fingerprint density at radius 2 is 2.26 bits per heavy atom. The number of nitrogens with zero attached hydrogens (tertiary/aromatic N) is 1. The van der Waals surface area contributed by atoms with Gasteiger partial charge in [0.2, 0.25) is 5.91 Å². The topological polar surface area (TPSA) is 57.8 Å². The van der Waals surface area contributed by atoms with Crippen LogP contribution in [-0.2, 0) is 11.2 Å². The van der Waals surface area contributed by atoms with Crippen molar-refractivity contribution in [2.45, 2.75) is 52.4 Å². The molecule has 0 radical (unpaired) electrons. The van der Waals surface area contributed by atoms with E-state index in [1.54, 1.807) is 0 Å². The van der Waals surface area contributed by atoms with Gasteiger partial charge in [-0.05, 0) is 46.0 Å². The van der Waals surface area contributed by atoms with E-state index < -0.39 is 0 Å². The first-order valence-electron chi connectivity index (χ1n) is 7.12. The van der Waals surface area contributed by atoms with E-state index in [-0.39, 0.29) is 5.91 Å². The van der Waals surface area contributed by atoms with Crippen molar-refractivity contribution in [1.29, 1.82) is 0 Å². The van der Waals surface area contributed by atoms with Gasteiger partial charge in [0.15, 0.2) is 0 Å². The van der Waals surface area contributed by atoms with E-state index in [2.05, 4.69) is 21.6 Å². The minimum absolute atomic E-state index is 0.0870. The van der Waals surface area contributed by atoms with Crippen molar-refractivity contribution < 1.29 is 4.79 Å². The molecule has 1 aliphatic carbocycles. The number of hydrogen-bond donors (Lipinski definition) is 2. The Balaban J connectivity index is 1.74. The summed E-state index contributed by atoms with van der Waals surface area (Å²) in [5, 5.41) is 10.0. The number of allylic oxidation sites excluding steroid dienone is 1. The second-order valence-corrected chi connectivity index (χ2v) is 5.30. The highest BCUT2D eigenvalue weighted by atomic mass is 16.1. The molecule has 2 rings (SSSR count). The maximum absolute atomic E-state index is 11.9. The van der Waals surface area contributed by atoms with Crippen LogP contribution in [-0.4, -0.2) is 22.6 Å². The average molecular weight is 261 g/mol. The molecule has 19 heavy (non-hydrogen) atoms. The van der Waals surface area contributed by atoms with Crippen LogP contribution in [0.3, 0.4) is 0 Å². The van der Waals surface area contributed by atoms with E-state index in [0.717, 1.165) is 29.9 Å². The fraction of sp³-hybridized carbons (Fsp3) is 0.600. The molecule has 0 saturated heterocycles. The van der Waals surface area contributed by atoms with Crippen LogP contribution < -0.4 is 5.32 Å². The quantitative estimate of drug-likeness (QED) is 0.800. The summed E-state index contributed by atoms with van der Waals surface area (Å²) in [6.07, 6.45) is 8.77. The third-order valence-corrected chi connectivity index (χ3v) is 3.77. The monoisotopic (exact) mass is 261 g/mol. The zero-order valence-electron chi connectivity index (χ0n) is 11.9. The number of carbonyl (C=O) groups excluding carboxylic acids is 1. The molecule has 0 unspecified atom stereocenters. The highest BCUT2D eigenvalue weighted by Gasteiger charge is 2.11. The Kier molecular flexibility index (Phi) is 4.77. The molecule has 0 fully saturated rings. The van der Waals surface area contributed by atoms with Crippen LogP contribution in [0.5, 0.6) is 0 Å². The van der Waals surface area contributed by atoms with Crippen molar-refractivity contribution in [1.82, 2.24) is 15.5 Å². The number of aryl methyl sites for hydroxylation is 2. The van der Waals surface area contributed by atoms with Crippen LogP contribution >= 0.6 is 0 Å². The van der Waals surface area contributed by atoms with Gasteiger partial charge in [-0.3, -0.25) is 9.89 Å². The van der Waals surface area contributed by atoms with Crippen molar-refractivity contribution in [3.05, 3.63) is 28.6 Å². The summed E-state index contributed by atoms with van der Waals surface area (Å²) >= 11 is 0. The molecule has 1 heterocycles. The SMILES string of the molecule is Cc1n[nH]c(C)c1CC(=O)NCCC1=CCCCC1. The molecule has 0 atom stereocenters. The third kappa shape index (κ3) is 3.94. The predicted octanol–water partition coefficient (Wildman–Crippen LogP) is 2.58. The molecule has 0 aromatic carbocycles. The lowest BCUT2D eigenvalue weighted by Gasteiger charge is -2.13. The zero-order chi connectivity index (χ0) is 13.7. The Morgan fingerprint density at radius 3 is 2.89 bits per heavy atom. The standard InChI is InChI=1S/C15H23N3O/c1-11-14(12(2)18-17-11)10-15(19)16-9-8-13-6-4-3-5-7-13/h6H,3-5,7-10H2,1-2H3,(H,16,19)(H,17,18). The van der Waals surface area contributed by atoms with Gasteiger partial charge in [-0.25, -0.2) is 0 Å². The van der Waals surface area contributed by atoms with Gasteiger partial charge in [0.1, 0.15) is 0 Å². The number of nitrogens with one attached hydrogen (secondary N) is 2. The number of hydrogen-bond acceptors (Lipinski definition) is 2. The summed E-state index contributed by atoms with van der Waals surface area (Å²) in [5.74, 6) is 0.0870. The fourth-order valence-electron chi connectivity index (χ4n) is 2.55. The Hall–Kier alpha value is -1.58. The summed E-state index contributed by atoms with van der Waals surface area (Å²) in [6.45, 7) is 4.63. The maximum atomic E-state index is 11.9. The van der Waals surface area contributed by atoms with Crippen LogP contribution in [0.15, 0.2) is 11.6 Å². The van der Waals surface area contributed by atoms with Crippen LogP contribution in [0.4, 0.5) is 0 Å². The highest BCUT2D eigenvalue weighted by Crippen LogP contribution is 2.19. The van der Waals surface area contributed by atoms with Gasteiger partial charge >= 0.3 is 0 Å². The molecule has 4 nitrogen and oxygen atoms in total. The maximum Gasteiger partial charge on any atom is 0.224 e. The van der Waals surface area contributed by atoms with Gasteiger partial charge in [-0.2, -0.15) is 5.10 Å². The first-order chi connectivity index (χ1) is 9.16. The number of aromatic amines is 1. The van der Waals surface area contributed by atoms with E-state index in [1.165, 1.54) is 31.3 Å². The first kappa shape index (κ1) is 13.8. The second-order valence-electron chi connectivity index (χ2n) is 5.30. The molecule has 1 aromatic heterocycles. The van der Waals surface area contributed by atoms with E-state index in [4.69, 9.17) is 0 Å². The van der Waals surface area contributed by atoms with E-state index in [0.29, 0.717) is 6.42 Å². The summed E-state index contributed by atoms with van der Waals surface area (Å²) in [4.78, 5) is 11.9. The van der Waals surface area contributed by atoms with Gasteiger partial charge in [-0.1, -0.05) is 11.6 Å². The number of H-pyrrole nitrogens is 1. The normalized spacial score (nSPS) is 15.2. The fourth-order valence-corrected chi connectivity index (χ4v) is 2.55. The molecule has 0 saturated carbocycles. The Morgan fingerprint density at radius 1 is 1.42 bits per heavy atom. The zero-order valence-corrected chi connectivity index (χ0v) is 11.9. The van der Waals surface area contributed by atoms with Crippen molar-refractivity contribution in [3.8, 4) is 0 Å². The molecule has 1 amide bonds. The summed E-state index contributed by atoms with van der Waals surface area (Å²) in [5.41, 5.74) is 4.43. The largest absolute Gasteiger partial charge is 0.355 e. The number of aromatic nitrogens is 2. The van der Waals surface area contributed by atoms with Gasteiger partial charge < -0.3 is 5.32 Å². The smallest absolute Gasteiger partial charge is 0.224 e. The lowest BCUT2D eigenvalue weighted by molar-refractivity contribution is -0.120. The Labute approximate surface area is 114 Å². The lowest BCUT2D eigenvalue weighted by Crippen LogP contribution is -2.26. The van der Waals surface area contributed by atoms with Gasteiger partial charge in [0.05, 0.1) is 12.1 Å². The van der Waals surface area contributed by atoms with Crippen LogP contribution in [0.25, 0.3) is 0 Å². The highest BCUT2D eigenvalue weighted by molar-refractivity contribution is 5.79. The second kappa shape index (κ2) is 6.55. The van der Waals surface area contributed by atoms with Gasteiger partial charge in [0.25, 0.3) is 0 Å². The molecule has 2 N–H and O–H groups in total. The lowest BCUT2D eigenvalue weighted by atomic mass is 9.97. The molecule has 1 aromatic rings. The molecular formula is C15H23N3O. The van der Waals surface area contributed by atoms with Gasteiger partial charge in [-0.15, -0.1) is 0 Å². The molecular weight excluding hydrogens is 238 g/mol. The molecule has 0 spiro atoms. The summed E-state index contributed by atoms with van der Waals surface area (Å²) < 4.78 is 0. The molecule has 1 aliphatic rings. The summed E-state index contributed by atoms with van der Waals surface area (Å²) in [7, 11) is 0. The van der Waals surface area contributed by atoms with Crippen LogP contribution in [0.2, 0.25) is 0 Å². The molecule has 104 valence electrons. The van der Waals surface area contributed by atoms with Gasteiger partial charge in [0, 0.05) is 17.8 Å². The minimum Gasteiger partial charge on any atom is -0.355 e. The molecule has 0 aliphatic heterocycles. The van der Waals surface area contributed by atoms with Crippen molar-refractivity contribution in [2.75, 3.05) is 6.54 Å². The first-order valence-corrected chi connectivity index (χ1v) is 7.12. The number of rotatable bonds is 5. The van der Waals surface area contributed by atoms with E-state index in [9.17, 15) is 4.79 Å². The summed E-state index contributed by atoms with van der Waals surface area (Å²) in [6, 6.07) is 0. The van der Waals surface area contributed by atoms with Crippen LogP contribution in [0.1, 0.15) is 49.1 Å². The van der Waals surface area contributed by atoms with Crippen LogP contribution in [0, 0.1) is 13.8 Å².